The molecule has 2 rings (SSSR count). The number of anilines is 1. The third-order valence-corrected chi connectivity index (χ3v) is 3.38. The topological polar surface area (TPSA) is 43.8 Å². The van der Waals surface area contributed by atoms with Crippen LogP contribution in [0.3, 0.4) is 0 Å². The summed E-state index contributed by atoms with van der Waals surface area (Å²) < 4.78 is 40.7. The van der Waals surface area contributed by atoms with Crippen molar-refractivity contribution in [1.29, 1.82) is 0 Å². The minimum absolute atomic E-state index is 0.250. The van der Waals surface area contributed by atoms with Crippen LogP contribution in [0.2, 0.25) is 0 Å². The smallest absolute Gasteiger partial charge is 0.399 e. The first-order valence-corrected chi connectivity index (χ1v) is 6.69. The largest absolute Gasteiger partial charge is 0.449 e. The minimum Gasteiger partial charge on any atom is -0.399 e. The van der Waals surface area contributed by atoms with E-state index >= 15 is 0 Å². The van der Waals surface area contributed by atoms with E-state index in [0.717, 1.165) is 12.8 Å². The summed E-state index contributed by atoms with van der Waals surface area (Å²) in [4.78, 5) is 3.73. The Labute approximate surface area is 115 Å². The molecule has 1 aromatic heterocycles. The molecule has 110 valence electrons. The number of benzene rings is 1. The van der Waals surface area contributed by atoms with Gasteiger partial charge in [-0.3, -0.25) is 0 Å². The Morgan fingerprint density at radius 3 is 2.65 bits per heavy atom. The van der Waals surface area contributed by atoms with Crippen molar-refractivity contribution in [2.75, 3.05) is 5.73 Å². The van der Waals surface area contributed by atoms with Crippen molar-refractivity contribution in [2.24, 2.45) is 0 Å². The van der Waals surface area contributed by atoms with Crippen molar-refractivity contribution in [3.8, 4) is 0 Å². The maximum atomic E-state index is 13.2. The Balaban J connectivity index is 2.58. The monoisotopic (exact) mass is 285 g/mol. The quantitative estimate of drug-likeness (QED) is 0.847. The van der Waals surface area contributed by atoms with Gasteiger partial charge < -0.3 is 10.3 Å². The van der Waals surface area contributed by atoms with E-state index in [1.807, 2.05) is 6.92 Å². The zero-order valence-electron chi connectivity index (χ0n) is 11.5. The van der Waals surface area contributed by atoms with E-state index in [0.29, 0.717) is 23.1 Å². The van der Waals surface area contributed by atoms with Crippen LogP contribution in [0.15, 0.2) is 18.2 Å². The molecule has 1 unspecified atom stereocenters. The van der Waals surface area contributed by atoms with E-state index in [9.17, 15) is 13.2 Å². The molecule has 0 aliphatic heterocycles. The van der Waals surface area contributed by atoms with Crippen LogP contribution in [0.4, 0.5) is 18.9 Å². The molecule has 0 bridgehead atoms. The molecule has 0 saturated heterocycles. The summed E-state index contributed by atoms with van der Waals surface area (Å²) in [6.07, 6.45) is -1.94. The lowest BCUT2D eigenvalue weighted by Crippen LogP contribution is -2.17. The molecule has 0 fully saturated rings. The number of nitrogen functional groups attached to an aromatic ring is 1. The number of halogens is 3. The van der Waals surface area contributed by atoms with E-state index in [-0.39, 0.29) is 6.04 Å². The fraction of sp³-hybridized carbons (Fsp3) is 0.500. The lowest BCUT2D eigenvalue weighted by atomic mass is 10.1. The molecule has 0 aliphatic rings. The summed E-state index contributed by atoms with van der Waals surface area (Å²) in [5.74, 6) is -0.846. The second-order valence-electron chi connectivity index (χ2n) is 5.04. The molecular formula is C14H18F3N3. The fourth-order valence-corrected chi connectivity index (χ4v) is 2.39. The van der Waals surface area contributed by atoms with Crippen LogP contribution in [0.5, 0.6) is 0 Å². The highest BCUT2D eigenvalue weighted by atomic mass is 19.4. The summed E-state index contributed by atoms with van der Waals surface area (Å²) in [6, 6.07) is 4.44. The number of aromatic nitrogens is 2. The predicted octanol–water partition coefficient (Wildman–Crippen LogP) is 4.39. The molecule has 1 aromatic carbocycles. The number of hydrogen-bond donors (Lipinski definition) is 1. The van der Waals surface area contributed by atoms with Crippen LogP contribution >= 0.6 is 0 Å². The number of nitrogens with zero attached hydrogens (tertiary/aromatic N) is 2. The van der Waals surface area contributed by atoms with Gasteiger partial charge in [-0.15, -0.1) is 0 Å². The number of fused-ring (bicyclic) bond motifs is 1. The molecule has 6 heteroatoms. The van der Waals surface area contributed by atoms with E-state index in [4.69, 9.17) is 5.73 Å². The normalized spacial score (nSPS) is 13.8. The maximum Gasteiger partial charge on any atom is 0.449 e. The summed E-state index contributed by atoms with van der Waals surface area (Å²) in [5.41, 5.74) is 6.81. The average molecular weight is 285 g/mol. The van der Waals surface area contributed by atoms with Gasteiger partial charge in [-0.1, -0.05) is 19.8 Å². The lowest BCUT2D eigenvalue weighted by molar-refractivity contribution is -0.147. The molecule has 3 nitrogen and oxygen atoms in total. The van der Waals surface area contributed by atoms with Crippen molar-refractivity contribution in [3.05, 3.63) is 24.0 Å². The van der Waals surface area contributed by atoms with Crippen LogP contribution in [-0.4, -0.2) is 9.55 Å². The molecule has 1 atom stereocenters. The first-order chi connectivity index (χ1) is 9.34. The number of alkyl halides is 3. The maximum absolute atomic E-state index is 13.2. The van der Waals surface area contributed by atoms with Gasteiger partial charge in [0.05, 0.1) is 11.0 Å². The average Bonchev–Trinajstić information content (AvgIpc) is 2.74. The first kappa shape index (κ1) is 14.7. The van der Waals surface area contributed by atoms with Crippen LogP contribution < -0.4 is 5.73 Å². The molecule has 0 aliphatic carbocycles. The highest BCUT2D eigenvalue weighted by molar-refractivity contribution is 5.80. The molecule has 2 aromatic rings. The zero-order valence-corrected chi connectivity index (χ0v) is 11.5. The summed E-state index contributed by atoms with van der Waals surface area (Å²) in [5, 5.41) is 0. The number of rotatable bonds is 4. The predicted molar refractivity (Wildman–Crippen MR) is 73.4 cm³/mol. The molecule has 0 spiro atoms. The van der Waals surface area contributed by atoms with Gasteiger partial charge in [0.2, 0.25) is 5.82 Å². The van der Waals surface area contributed by atoms with Gasteiger partial charge in [0, 0.05) is 11.7 Å². The van der Waals surface area contributed by atoms with E-state index < -0.39 is 12.0 Å². The second kappa shape index (κ2) is 5.34. The SMILES string of the molecule is CCCCC(C)n1c(C(F)(F)F)nc2cc(N)ccc21. The number of unbranched alkanes of at least 4 members (excludes halogenated alkanes) is 1. The zero-order chi connectivity index (χ0) is 14.9. The number of nitrogens with two attached hydrogens (primary N) is 1. The highest BCUT2D eigenvalue weighted by Gasteiger charge is 2.38. The van der Waals surface area contributed by atoms with Crippen molar-refractivity contribution >= 4 is 16.7 Å². The van der Waals surface area contributed by atoms with Crippen LogP contribution in [-0.2, 0) is 6.18 Å². The van der Waals surface area contributed by atoms with Gasteiger partial charge in [0.25, 0.3) is 0 Å². The van der Waals surface area contributed by atoms with Crippen LogP contribution in [0, 0.1) is 0 Å². The van der Waals surface area contributed by atoms with E-state index in [1.165, 1.54) is 10.6 Å². The van der Waals surface area contributed by atoms with Crippen LogP contribution in [0.25, 0.3) is 11.0 Å². The molecule has 0 radical (unpaired) electrons. The third kappa shape index (κ3) is 2.73. The van der Waals surface area contributed by atoms with Gasteiger partial charge in [-0.05, 0) is 31.5 Å². The van der Waals surface area contributed by atoms with E-state index in [1.54, 1.807) is 19.1 Å². The minimum atomic E-state index is -4.46. The van der Waals surface area contributed by atoms with Crippen molar-refractivity contribution in [1.82, 2.24) is 9.55 Å². The Kier molecular flexibility index (Phi) is 3.92. The van der Waals surface area contributed by atoms with Crippen LogP contribution in [0.1, 0.15) is 45.0 Å². The Morgan fingerprint density at radius 1 is 1.35 bits per heavy atom. The van der Waals surface area contributed by atoms with Crippen molar-refractivity contribution in [3.63, 3.8) is 0 Å². The Morgan fingerprint density at radius 2 is 2.05 bits per heavy atom. The van der Waals surface area contributed by atoms with Gasteiger partial charge in [0.15, 0.2) is 0 Å². The summed E-state index contributed by atoms with van der Waals surface area (Å²) >= 11 is 0. The molecule has 2 N–H and O–H groups in total. The third-order valence-electron chi connectivity index (χ3n) is 3.38. The molecule has 0 saturated carbocycles. The van der Waals surface area contributed by atoms with E-state index in [2.05, 4.69) is 4.98 Å². The van der Waals surface area contributed by atoms with Gasteiger partial charge in [-0.2, -0.15) is 13.2 Å². The van der Waals surface area contributed by atoms with Gasteiger partial charge >= 0.3 is 6.18 Å². The molecule has 20 heavy (non-hydrogen) atoms. The van der Waals surface area contributed by atoms with Crippen molar-refractivity contribution in [2.45, 2.75) is 45.3 Å². The molecular weight excluding hydrogens is 267 g/mol. The first-order valence-electron chi connectivity index (χ1n) is 6.69. The molecule has 0 amide bonds. The number of imidazole rings is 1. The lowest BCUT2D eigenvalue weighted by Gasteiger charge is -2.18. The standard InChI is InChI=1S/C14H18F3N3/c1-3-4-5-9(2)20-12-7-6-10(18)8-11(12)19-13(20)14(15,16)17/h6-9H,3-5,18H2,1-2H3. The highest BCUT2D eigenvalue weighted by Crippen LogP contribution is 2.35. The van der Waals surface area contributed by atoms with Gasteiger partial charge in [0.1, 0.15) is 0 Å². The molecule has 1 heterocycles. The Hall–Kier alpha value is -1.72. The second-order valence-corrected chi connectivity index (χ2v) is 5.04. The van der Waals surface area contributed by atoms with Crippen molar-refractivity contribution < 1.29 is 13.2 Å². The number of hydrogen-bond acceptors (Lipinski definition) is 2. The van der Waals surface area contributed by atoms with Gasteiger partial charge in [-0.25, -0.2) is 4.98 Å². The fourth-order valence-electron chi connectivity index (χ4n) is 2.39. The summed E-state index contributed by atoms with van der Waals surface area (Å²) in [6.45, 7) is 3.81. The Bertz CT molecular complexity index is 601. The summed E-state index contributed by atoms with van der Waals surface area (Å²) in [7, 11) is 0.